The number of thioether (sulfide) groups is 1. The molecule has 0 aliphatic heterocycles. The highest BCUT2D eigenvalue weighted by molar-refractivity contribution is 7.98. The van der Waals surface area contributed by atoms with Crippen LogP contribution in [0, 0.1) is 5.82 Å². The van der Waals surface area contributed by atoms with Crippen molar-refractivity contribution in [3.8, 4) is 0 Å². The Labute approximate surface area is 129 Å². The van der Waals surface area contributed by atoms with E-state index in [9.17, 15) is 9.18 Å². The van der Waals surface area contributed by atoms with Gasteiger partial charge in [-0.2, -0.15) is 0 Å². The van der Waals surface area contributed by atoms with Crippen LogP contribution >= 0.6 is 35.0 Å². The minimum absolute atomic E-state index is 0.336. The zero-order chi connectivity index (χ0) is 14.7. The van der Waals surface area contributed by atoms with E-state index >= 15 is 0 Å². The van der Waals surface area contributed by atoms with Gasteiger partial charge in [0.1, 0.15) is 5.82 Å². The molecule has 0 heterocycles. The molecule has 2 aromatic carbocycles. The fourth-order valence-corrected chi connectivity index (χ4v) is 3.05. The topological polar surface area (TPSA) is 37.3 Å². The van der Waals surface area contributed by atoms with E-state index in [1.165, 1.54) is 23.9 Å². The van der Waals surface area contributed by atoms with Gasteiger partial charge in [0.15, 0.2) is 0 Å². The molecule has 2 aromatic rings. The van der Waals surface area contributed by atoms with Crippen molar-refractivity contribution < 1.29 is 14.3 Å². The second-order valence-electron chi connectivity index (χ2n) is 3.97. The van der Waals surface area contributed by atoms with Crippen molar-refractivity contribution in [2.75, 3.05) is 0 Å². The molecule has 2 nitrogen and oxygen atoms in total. The van der Waals surface area contributed by atoms with Gasteiger partial charge < -0.3 is 5.11 Å². The van der Waals surface area contributed by atoms with Crippen LogP contribution in [-0.2, 0) is 5.75 Å². The van der Waals surface area contributed by atoms with E-state index in [0.717, 1.165) is 11.6 Å². The SMILES string of the molecule is O=C(O)c1cc(SCc2ccc(Cl)cc2Cl)ccc1F. The molecule has 0 aliphatic carbocycles. The highest BCUT2D eigenvalue weighted by Gasteiger charge is 2.11. The van der Waals surface area contributed by atoms with Gasteiger partial charge in [-0.15, -0.1) is 11.8 Å². The summed E-state index contributed by atoms with van der Waals surface area (Å²) in [6.45, 7) is 0. The minimum atomic E-state index is -1.28. The van der Waals surface area contributed by atoms with Crippen LogP contribution in [0.3, 0.4) is 0 Å². The van der Waals surface area contributed by atoms with Crippen molar-refractivity contribution in [3.63, 3.8) is 0 Å². The predicted molar refractivity (Wildman–Crippen MR) is 79.4 cm³/mol. The van der Waals surface area contributed by atoms with Crippen LogP contribution in [0.1, 0.15) is 15.9 Å². The van der Waals surface area contributed by atoms with Gasteiger partial charge in [-0.05, 0) is 35.9 Å². The number of rotatable bonds is 4. The summed E-state index contributed by atoms with van der Waals surface area (Å²) < 4.78 is 13.3. The van der Waals surface area contributed by atoms with E-state index < -0.39 is 11.8 Å². The molecule has 0 spiro atoms. The molecule has 0 atom stereocenters. The van der Waals surface area contributed by atoms with Crippen molar-refractivity contribution in [2.45, 2.75) is 10.6 Å². The largest absolute Gasteiger partial charge is 0.478 e. The van der Waals surface area contributed by atoms with Crippen LogP contribution in [0.25, 0.3) is 0 Å². The fraction of sp³-hybridized carbons (Fsp3) is 0.0714. The van der Waals surface area contributed by atoms with Crippen molar-refractivity contribution >= 4 is 40.9 Å². The van der Waals surface area contributed by atoms with E-state index in [1.807, 2.05) is 0 Å². The summed E-state index contributed by atoms with van der Waals surface area (Å²) in [6, 6.07) is 9.18. The molecule has 0 unspecified atom stereocenters. The average Bonchev–Trinajstić information content (AvgIpc) is 2.39. The Bertz CT molecular complexity index is 662. The molecule has 1 N–H and O–H groups in total. The summed E-state index contributed by atoms with van der Waals surface area (Å²) in [5, 5.41) is 9.97. The molecule has 0 aromatic heterocycles. The maximum atomic E-state index is 13.3. The number of halogens is 3. The number of carboxylic acid groups (broad SMARTS) is 1. The maximum Gasteiger partial charge on any atom is 0.338 e. The second kappa shape index (κ2) is 6.48. The van der Waals surface area contributed by atoms with Crippen molar-refractivity contribution in [3.05, 3.63) is 63.4 Å². The van der Waals surface area contributed by atoms with Crippen LogP contribution < -0.4 is 0 Å². The maximum absolute atomic E-state index is 13.3. The number of aromatic carboxylic acids is 1. The van der Waals surface area contributed by atoms with Gasteiger partial charge in [-0.25, -0.2) is 9.18 Å². The third kappa shape index (κ3) is 3.66. The highest BCUT2D eigenvalue weighted by atomic mass is 35.5. The fourth-order valence-electron chi connectivity index (χ4n) is 1.56. The molecule has 0 aliphatic rings. The zero-order valence-electron chi connectivity index (χ0n) is 10.1. The number of benzene rings is 2. The average molecular weight is 331 g/mol. The Morgan fingerprint density at radius 3 is 2.60 bits per heavy atom. The van der Waals surface area contributed by atoms with E-state index in [0.29, 0.717) is 20.7 Å². The summed E-state index contributed by atoms with van der Waals surface area (Å²) in [6.07, 6.45) is 0. The zero-order valence-corrected chi connectivity index (χ0v) is 12.4. The van der Waals surface area contributed by atoms with Gasteiger partial charge in [0.05, 0.1) is 5.56 Å². The molecule has 104 valence electrons. The van der Waals surface area contributed by atoms with Gasteiger partial charge in [-0.1, -0.05) is 29.3 Å². The molecular formula is C14H9Cl2FO2S. The summed E-state index contributed by atoms with van der Waals surface area (Å²) in [5.74, 6) is -1.48. The van der Waals surface area contributed by atoms with Gasteiger partial charge in [0.25, 0.3) is 0 Å². The number of carbonyl (C=O) groups is 1. The number of hydrogen-bond donors (Lipinski definition) is 1. The van der Waals surface area contributed by atoms with E-state index in [1.54, 1.807) is 18.2 Å². The monoisotopic (exact) mass is 330 g/mol. The summed E-state index contributed by atoms with van der Waals surface area (Å²) in [4.78, 5) is 11.5. The second-order valence-corrected chi connectivity index (χ2v) is 5.86. The smallest absolute Gasteiger partial charge is 0.338 e. The molecule has 0 bridgehead atoms. The Balaban J connectivity index is 2.15. The van der Waals surface area contributed by atoms with Gasteiger partial charge in [-0.3, -0.25) is 0 Å². The first-order chi connectivity index (χ1) is 9.47. The van der Waals surface area contributed by atoms with Crippen molar-refractivity contribution in [1.82, 2.24) is 0 Å². The predicted octanol–water partition coefficient (Wildman–Crippen LogP) is 5.12. The third-order valence-corrected chi connectivity index (χ3v) is 4.21. The lowest BCUT2D eigenvalue weighted by Crippen LogP contribution is -2.00. The van der Waals surface area contributed by atoms with E-state index in [4.69, 9.17) is 28.3 Å². The Morgan fingerprint density at radius 1 is 1.20 bits per heavy atom. The summed E-state index contributed by atoms with van der Waals surface area (Å²) in [5.41, 5.74) is 0.541. The molecule has 0 saturated carbocycles. The standard InChI is InChI=1S/C14H9Cl2FO2S/c15-9-2-1-8(12(16)5-9)7-20-10-3-4-13(17)11(6-10)14(18)19/h1-6H,7H2,(H,18,19). The normalized spacial score (nSPS) is 10.6. The van der Waals surface area contributed by atoms with Crippen LogP contribution in [0.2, 0.25) is 10.0 Å². The summed E-state index contributed by atoms with van der Waals surface area (Å²) in [7, 11) is 0. The highest BCUT2D eigenvalue weighted by Crippen LogP contribution is 2.29. The molecule has 0 fully saturated rings. The molecular weight excluding hydrogens is 322 g/mol. The first kappa shape index (κ1) is 15.2. The molecule has 20 heavy (non-hydrogen) atoms. The Kier molecular flexibility index (Phi) is 4.91. The van der Waals surface area contributed by atoms with Crippen LogP contribution in [0.15, 0.2) is 41.3 Å². The van der Waals surface area contributed by atoms with Crippen LogP contribution in [-0.4, -0.2) is 11.1 Å². The lowest BCUT2D eigenvalue weighted by Gasteiger charge is -2.06. The van der Waals surface area contributed by atoms with Crippen LogP contribution in [0.4, 0.5) is 4.39 Å². The molecule has 0 amide bonds. The molecule has 2 rings (SSSR count). The molecule has 0 saturated heterocycles. The molecule has 6 heteroatoms. The number of carboxylic acids is 1. The minimum Gasteiger partial charge on any atom is -0.478 e. The third-order valence-electron chi connectivity index (χ3n) is 2.58. The first-order valence-corrected chi connectivity index (χ1v) is 7.31. The first-order valence-electron chi connectivity index (χ1n) is 5.57. The lowest BCUT2D eigenvalue weighted by molar-refractivity contribution is 0.0691. The summed E-state index contributed by atoms with van der Waals surface area (Å²) >= 11 is 13.2. The van der Waals surface area contributed by atoms with E-state index in [-0.39, 0.29) is 5.56 Å². The quantitative estimate of drug-likeness (QED) is 0.790. The van der Waals surface area contributed by atoms with Gasteiger partial charge in [0.2, 0.25) is 0 Å². The van der Waals surface area contributed by atoms with Crippen molar-refractivity contribution in [1.29, 1.82) is 0 Å². The van der Waals surface area contributed by atoms with E-state index in [2.05, 4.69) is 0 Å². The van der Waals surface area contributed by atoms with Crippen LogP contribution in [0.5, 0.6) is 0 Å². The number of hydrogen-bond acceptors (Lipinski definition) is 2. The Morgan fingerprint density at radius 2 is 1.95 bits per heavy atom. The van der Waals surface area contributed by atoms with Crippen molar-refractivity contribution in [2.24, 2.45) is 0 Å². The van der Waals surface area contributed by atoms with Gasteiger partial charge in [0, 0.05) is 20.7 Å². The molecule has 0 radical (unpaired) electrons. The van der Waals surface area contributed by atoms with Gasteiger partial charge >= 0.3 is 5.97 Å². The lowest BCUT2D eigenvalue weighted by atomic mass is 10.2. The Hall–Kier alpha value is -1.23.